The summed E-state index contributed by atoms with van der Waals surface area (Å²) >= 11 is 0. The topological polar surface area (TPSA) is 46.6 Å². The Balaban J connectivity index is 1.66. The molecule has 0 N–H and O–H groups in total. The average Bonchev–Trinajstić information content (AvgIpc) is 2.75. The minimum atomic E-state index is -0.820. The van der Waals surface area contributed by atoms with Gasteiger partial charge in [-0.05, 0) is 28.8 Å². The zero-order valence-electron chi connectivity index (χ0n) is 16.2. The smallest absolute Gasteiger partial charge is 0.321 e. The number of rotatable bonds is 6. The molecule has 0 saturated carbocycles. The summed E-state index contributed by atoms with van der Waals surface area (Å²) < 4.78 is 5.13. The molecular formula is C25H23NO3. The molecule has 3 aromatic rings. The van der Waals surface area contributed by atoms with Crippen molar-refractivity contribution in [1.82, 2.24) is 0 Å². The first-order valence-corrected chi connectivity index (χ1v) is 9.83. The van der Waals surface area contributed by atoms with Crippen molar-refractivity contribution >= 4 is 17.4 Å². The third-order valence-corrected chi connectivity index (χ3v) is 5.15. The molecule has 0 aliphatic carbocycles. The van der Waals surface area contributed by atoms with Crippen LogP contribution in [0, 0.1) is 0 Å². The van der Waals surface area contributed by atoms with E-state index in [0.717, 1.165) is 18.8 Å². The van der Waals surface area contributed by atoms with Crippen molar-refractivity contribution in [3.63, 3.8) is 0 Å². The lowest BCUT2D eigenvalue weighted by atomic mass is 9.91. The van der Waals surface area contributed by atoms with Gasteiger partial charge in [-0.15, -0.1) is 0 Å². The van der Waals surface area contributed by atoms with Gasteiger partial charge < -0.3 is 9.64 Å². The van der Waals surface area contributed by atoms with Crippen LogP contribution in [0.1, 0.15) is 29.0 Å². The molecule has 29 heavy (non-hydrogen) atoms. The first-order valence-electron chi connectivity index (χ1n) is 9.83. The van der Waals surface area contributed by atoms with Gasteiger partial charge in [0, 0.05) is 25.2 Å². The Hall–Kier alpha value is -3.40. The quantitative estimate of drug-likeness (QED) is 0.463. The van der Waals surface area contributed by atoms with Crippen molar-refractivity contribution < 1.29 is 14.3 Å². The van der Waals surface area contributed by atoms with Crippen molar-refractivity contribution in [2.75, 3.05) is 11.5 Å². The lowest BCUT2D eigenvalue weighted by molar-refractivity contribution is -0.153. The van der Waals surface area contributed by atoms with E-state index in [1.165, 1.54) is 11.1 Å². The summed E-state index contributed by atoms with van der Waals surface area (Å²) in [5.74, 6) is -1.34. The van der Waals surface area contributed by atoms with Crippen molar-refractivity contribution in [3.8, 4) is 0 Å². The molecular weight excluding hydrogens is 362 g/mol. The fourth-order valence-corrected chi connectivity index (χ4v) is 3.68. The van der Waals surface area contributed by atoms with Gasteiger partial charge in [0.2, 0.25) is 0 Å². The molecule has 1 saturated heterocycles. The fourth-order valence-electron chi connectivity index (χ4n) is 3.68. The van der Waals surface area contributed by atoms with Gasteiger partial charge in [0.05, 0.1) is 6.61 Å². The van der Waals surface area contributed by atoms with Crippen molar-refractivity contribution in [1.29, 1.82) is 0 Å². The largest absolute Gasteiger partial charge is 0.464 e. The normalized spacial score (nSPS) is 16.3. The maximum atomic E-state index is 12.4. The number of hydrogen-bond donors (Lipinski definition) is 0. The number of cyclic esters (lactones) is 1. The molecule has 3 aromatic carbocycles. The van der Waals surface area contributed by atoms with E-state index in [1.807, 2.05) is 60.7 Å². The van der Waals surface area contributed by atoms with Crippen LogP contribution in [0.4, 0.5) is 5.69 Å². The van der Waals surface area contributed by atoms with E-state index in [2.05, 4.69) is 29.2 Å². The number of nitrogens with zero attached hydrogens (tertiary/aromatic N) is 1. The van der Waals surface area contributed by atoms with E-state index in [0.29, 0.717) is 5.56 Å². The monoisotopic (exact) mass is 385 g/mol. The number of carbonyl (C=O) groups is 2. The molecule has 4 heteroatoms. The van der Waals surface area contributed by atoms with E-state index < -0.39 is 11.9 Å². The molecule has 0 spiro atoms. The summed E-state index contributed by atoms with van der Waals surface area (Å²) in [7, 11) is 0. The maximum absolute atomic E-state index is 12.4. The molecule has 1 unspecified atom stereocenters. The molecule has 4 nitrogen and oxygen atoms in total. The van der Waals surface area contributed by atoms with Gasteiger partial charge in [0.1, 0.15) is 5.92 Å². The summed E-state index contributed by atoms with van der Waals surface area (Å²) in [6.07, 6.45) is 0.276. The third kappa shape index (κ3) is 4.54. The number of hydrogen-bond acceptors (Lipinski definition) is 4. The Morgan fingerprint density at radius 2 is 1.41 bits per heavy atom. The summed E-state index contributed by atoms with van der Waals surface area (Å²) in [5, 5.41) is 0. The lowest BCUT2D eigenvalue weighted by Crippen LogP contribution is -2.31. The highest BCUT2D eigenvalue weighted by Crippen LogP contribution is 2.28. The molecule has 1 atom stereocenters. The second kappa shape index (κ2) is 8.74. The van der Waals surface area contributed by atoms with Gasteiger partial charge in [-0.1, -0.05) is 72.8 Å². The van der Waals surface area contributed by atoms with Crippen molar-refractivity contribution in [2.45, 2.75) is 25.4 Å². The number of ketones is 1. The number of anilines is 1. The minimum Gasteiger partial charge on any atom is -0.464 e. The Morgan fingerprint density at radius 3 is 2.00 bits per heavy atom. The Bertz CT molecular complexity index is 928. The fraction of sp³-hybridized carbons (Fsp3) is 0.200. The zero-order valence-corrected chi connectivity index (χ0v) is 16.2. The van der Waals surface area contributed by atoms with Crippen LogP contribution in [0.2, 0.25) is 0 Å². The van der Waals surface area contributed by atoms with Crippen LogP contribution in [0.5, 0.6) is 0 Å². The number of esters is 1. The van der Waals surface area contributed by atoms with Gasteiger partial charge >= 0.3 is 5.97 Å². The van der Waals surface area contributed by atoms with Gasteiger partial charge in [-0.2, -0.15) is 0 Å². The lowest BCUT2D eigenvalue weighted by Gasteiger charge is -2.27. The van der Waals surface area contributed by atoms with E-state index in [9.17, 15) is 9.59 Å². The molecule has 1 aliphatic heterocycles. The number of carbonyl (C=O) groups excluding carboxylic acids is 2. The van der Waals surface area contributed by atoms with Crippen molar-refractivity contribution in [3.05, 3.63) is 102 Å². The van der Waals surface area contributed by atoms with E-state index in [-0.39, 0.29) is 18.8 Å². The second-order valence-electron chi connectivity index (χ2n) is 7.24. The van der Waals surface area contributed by atoms with Gasteiger partial charge in [-0.25, -0.2) is 0 Å². The van der Waals surface area contributed by atoms with Crippen LogP contribution in [0.3, 0.4) is 0 Å². The van der Waals surface area contributed by atoms with E-state index >= 15 is 0 Å². The van der Waals surface area contributed by atoms with Crippen LogP contribution in [0.25, 0.3) is 0 Å². The van der Waals surface area contributed by atoms with Crippen LogP contribution in [0.15, 0.2) is 84.9 Å². The number of Topliss-reactive ketones (excluding diaryl/α,β-unsaturated/α-hetero) is 1. The summed E-state index contributed by atoms with van der Waals surface area (Å²) in [5.41, 5.74) is 4.06. The van der Waals surface area contributed by atoms with Gasteiger partial charge in [-0.3, -0.25) is 9.59 Å². The molecule has 146 valence electrons. The SMILES string of the molecule is O=C1CCOC(=O)C1c1cccc(N(Cc2ccccc2)Cc2ccccc2)c1. The molecule has 0 radical (unpaired) electrons. The summed E-state index contributed by atoms with van der Waals surface area (Å²) in [4.78, 5) is 26.8. The standard InChI is InChI=1S/C25H23NO3/c27-23-14-15-29-25(28)24(23)21-12-7-13-22(16-21)26(17-19-8-3-1-4-9-19)18-20-10-5-2-6-11-20/h1-13,16,24H,14-15,17-18H2. The molecule has 0 aromatic heterocycles. The Morgan fingerprint density at radius 1 is 0.793 bits per heavy atom. The van der Waals surface area contributed by atoms with Gasteiger partial charge in [0.15, 0.2) is 5.78 Å². The highest BCUT2D eigenvalue weighted by atomic mass is 16.5. The first-order chi connectivity index (χ1) is 14.2. The second-order valence-corrected chi connectivity index (χ2v) is 7.24. The highest BCUT2D eigenvalue weighted by Gasteiger charge is 2.33. The van der Waals surface area contributed by atoms with Crippen LogP contribution < -0.4 is 4.90 Å². The number of benzene rings is 3. The molecule has 1 heterocycles. The predicted molar refractivity (Wildman–Crippen MR) is 113 cm³/mol. The summed E-state index contributed by atoms with van der Waals surface area (Å²) in [6, 6.07) is 28.2. The first kappa shape index (κ1) is 18.9. The Labute approximate surface area is 170 Å². The molecule has 0 amide bonds. The molecule has 1 fully saturated rings. The maximum Gasteiger partial charge on any atom is 0.321 e. The van der Waals surface area contributed by atoms with E-state index in [4.69, 9.17) is 4.74 Å². The Kier molecular flexibility index (Phi) is 5.71. The molecule has 0 bridgehead atoms. The predicted octanol–water partition coefficient (Wildman–Crippen LogP) is 4.49. The molecule has 4 rings (SSSR count). The minimum absolute atomic E-state index is 0.0731. The van der Waals surface area contributed by atoms with E-state index in [1.54, 1.807) is 0 Å². The number of ether oxygens (including phenoxy) is 1. The zero-order chi connectivity index (χ0) is 20.1. The highest BCUT2D eigenvalue weighted by molar-refractivity contribution is 6.06. The summed E-state index contributed by atoms with van der Waals surface area (Å²) in [6.45, 7) is 1.63. The van der Waals surface area contributed by atoms with Crippen molar-refractivity contribution in [2.24, 2.45) is 0 Å². The van der Waals surface area contributed by atoms with Crippen LogP contribution >= 0.6 is 0 Å². The average molecular weight is 385 g/mol. The van der Waals surface area contributed by atoms with Crippen LogP contribution in [-0.2, 0) is 27.4 Å². The third-order valence-electron chi connectivity index (χ3n) is 5.15. The van der Waals surface area contributed by atoms with Gasteiger partial charge in [0.25, 0.3) is 0 Å². The van der Waals surface area contributed by atoms with Crippen LogP contribution in [-0.4, -0.2) is 18.4 Å². The molecule has 1 aliphatic rings.